The molecule has 104 valence electrons. The molecule has 2 nitrogen and oxygen atoms in total. The van der Waals surface area contributed by atoms with Crippen LogP contribution in [0.2, 0.25) is 0 Å². The molecule has 0 saturated carbocycles. The largest absolute Gasteiger partial charge is 0.324 e. The molecule has 0 aromatic rings. The molecule has 1 atom stereocenters. The van der Waals surface area contributed by atoms with E-state index in [1.807, 2.05) is 0 Å². The second-order valence-electron chi connectivity index (χ2n) is 7.26. The number of nitrogens with zero attached hydrogens (tertiary/aromatic N) is 1. The third-order valence-electron chi connectivity index (χ3n) is 3.68. The van der Waals surface area contributed by atoms with Crippen molar-refractivity contribution in [1.82, 2.24) is 4.90 Å². The monoisotopic (exact) mass is 262 g/mol. The van der Waals surface area contributed by atoms with Gasteiger partial charge in [0.25, 0.3) is 0 Å². The van der Waals surface area contributed by atoms with Gasteiger partial charge in [0.1, 0.15) is 0 Å². The van der Waals surface area contributed by atoms with Crippen LogP contribution in [0.3, 0.4) is 0 Å². The van der Waals surface area contributed by atoms with Crippen LogP contribution in [0.15, 0.2) is 0 Å². The van der Waals surface area contributed by atoms with Crippen LogP contribution in [0, 0.1) is 11.3 Å². The van der Waals surface area contributed by atoms with E-state index >= 15 is 0 Å². The molecular weight excluding hydrogens is 232 g/mol. The van der Waals surface area contributed by atoms with Crippen molar-refractivity contribution in [1.29, 1.82) is 0 Å². The van der Waals surface area contributed by atoms with Crippen LogP contribution in [0.25, 0.3) is 0 Å². The highest BCUT2D eigenvalue weighted by atomic mass is 35.5. The Hall–Kier alpha value is 0.210. The normalized spacial score (nSPS) is 24.0. The first-order valence-electron chi connectivity index (χ1n) is 6.70. The van der Waals surface area contributed by atoms with E-state index in [4.69, 9.17) is 5.73 Å². The molecule has 1 aliphatic heterocycles. The number of likely N-dealkylation sites (tertiary alicyclic amines) is 1. The average molecular weight is 263 g/mol. The second-order valence-corrected chi connectivity index (χ2v) is 7.26. The Morgan fingerprint density at radius 1 is 1.06 bits per heavy atom. The highest BCUT2D eigenvalue weighted by Gasteiger charge is 2.28. The lowest BCUT2D eigenvalue weighted by Gasteiger charge is -2.31. The Balaban J connectivity index is 0.00000256. The molecule has 1 saturated heterocycles. The van der Waals surface area contributed by atoms with Gasteiger partial charge in [0, 0.05) is 12.1 Å². The van der Waals surface area contributed by atoms with Crippen molar-refractivity contribution >= 4 is 12.4 Å². The standard InChI is InChI=1S/C14H30N2.ClH/c1-13(2,3)12-7-6-9-16(10-8-12)11-14(4,5)15;/h12H,6-11,15H2,1-5H3;1H. The third kappa shape index (κ3) is 6.64. The van der Waals surface area contributed by atoms with E-state index in [-0.39, 0.29) is 17.9 Å². The SMILES string of the molecule is CC(C)(N)CN1CCCC(C(C)(C)C)CC1.Cl. The molecule has 1 heterocycles. The maximum atomic E-state index is 6.10. The summed E-state index contributed by atoms with van der Waals surface area (Å²) >= 11 is 0. The van der Waals surface area contributed by atoms with E-state index in [1.165, 1.54) is 32.4 Å². The molecule has 0 bridgehead atoms. The summed E-state index contributed by atoms with van der Waals surface area (Å²) in [5, 5.41) is 0. The highest BCUT2D eigenvalue weighted by molar-refractivity contribution is 5.85. The van der Waals surface area contributed by atoms with Gasteiger partial charge >= 0.3 is 0 Å². The van der Waals surface area contributed by atoms with E-state index in [0.717, 1.165) is 12.5 Å². The van der Waals surface area contributed by atoms with E-state index in [2.05, 4.69) is 39.5 Å². The van der Waals surface area contributed by atoms with Crippen molar-refractivity contribution in [2.75, 3.05) is 19.6 Å². The molecule has 0 aliphatic carbocycles. The predicted octanol–water partition coefficient (Wildman–Crippen LogP) is 3.29. The zero-order chi connectivity index (χ0) is 12.4. The minimum atomic E-state index is -0.0540. The Morgan fingerprint density at radius 3 is 2.12 bits per heavy atom. The minimum Gasteiger partial charge on any atom is -0.324 e. The van der Waals surface area contributed by atoms with Crippen LogP contribution in [-0.4, -0.2) is 30.1 Å². The topological polar surface area (TPSA) is 29.3 Å². The molecule has 0 aromatic carbocycles. The fourth-order valence-corrected chi connectivity index (χ4v) is 2.76. The molecule has 3 heteroatoms. The Bertz CT molecular complexity index is 215. The zero-order valence-electron chi connectivity index (χ0n) is 12.3. The molecule has 0 radical (unpaired) electrons. The molecule has 0 amide bonds. The van der Waals surface area contributed by atoms with Crippen molar-refractivity contribution < 1.29 is 0 Å². The summed E-state index contributed by atoms with van der Waals surface area (Å²) in [4.78, 5) is 2.55. The van der Waals surface area contributed by atoms with E-state index < -0.39 is 0 Å². The van der Waals surface area contributed by atoms with E-state index in [1.54, 1.807) is 0 Å². The first kappa shape index (κ1) is 17.2. The van der Waals surface area contributed by atoms with Crippen molar-refractivity contribution in [3.63, 3.8) is 0 Å². The van der Waals surface area contributed by atoms with E-state index in [9.17, 15) is 0 Å². The molecule has 1 rings (SSSR count). The van der Waals surface area contributed by atoms with Gasteiger partial charge in [0.15, 0.2) is 0 Å². The van der Waals surface area contributed by atoms with Crippen LogP contribution in [-0.2, 0) is 0 Å². The Morgan fingerprint density at radius 2 is 1.65 bits per heavy atom. The lowest BCUT2D eigenvalue weighted by Crippen LogP contribution is -2.45. The van der Waals surface area contributed by atoms with Gasteiger partial charge in [0.05, 0.1) is 0 Å². The van der Waals surface area contributed by atoms with Crippen LogP contribution in [0.5, 0.6) is 0 Å². The van der Waals surface area contributed by atoms with Gasteiger partial charge in [-0.1, -0.05) is 20.8 Å². The van der Waals surface area contributed by atoms with Crippen LogP contribution in [0.1, 0.15) is 53.9 Å². The van der Waals surface area contributed by atoms with Gasteiger partial charge in [-0.15, -0.1) is 12.4 Å². The number of rotatable bonds is 2. The Labute approximate surface area is 114 Å². The highest BCUT2D eigenvalue weighted by Crippen LogP contribution is 2.34. The summed E-state index contributed by atoms with van der Waals surface area (Å²) in [5.41, 5.74) is 6.51. The quantitative estimate of drug-likeness (QED) is 0.828. The van der Waals surface area contributed by atoms with E-state index in [0.29, 0.717) is 5.41 Å². The van der Waals surface area contributed by atoms with Crippen LogP contribution >= 0.6 is 12.4 Å². The summed E-state index contributed by atoms with van der Waals surface area (Å²) < 4.78 is 0. The molecule has 0 spiro atoms. The fraction of sp³-hybridized carbons (Fsp3) is 1.00. The molecular formula is C14H31ClN2. The van der Waals surface area contributed by atoms with Gasteiger partial charge in [-0.3, -0.25) is 0 Å². The fourth-order valence-electron chi connectivity index (χ4n) is 2.76. The predicted molar refractivity (Wildman–Crippen MR) is 78.8 cm³/mol. The van der Waals surface area contributed by atoms with Crippen LogP contribution in [0.4, 0.5) is 0 Å². The summed E-state index contributed by atoms with van der Waals surface area (Å²) in [6, 6.07) is 0. The summed E-state index contributed by atoms with van der Waals surface area (Å²) in [6.07, 6.45) is 4.04. The van der Waals surface area contributed by atoms with Crippen molar-refractivity contribution in [2.24, 2.45) is 17.1 Å². The third-order valence-corrected chi connectivity index (χ3v) is 3.68. The lowest BCUT2D eigenvalue weighted by molar-refractivity contribution is 0.198. The van der Waals surface area contributed by atoms with Gasteiger partial charge < -0.3 is 10.6 Å². The molecule has 1 aliphatic rings. The summed E-state index contributed by atoms with van der Waals surface area (Å²) in [7, 11) is 0. The van der Waals surface area contributed by atoms with Gasteiger partial charge in [-0.05, 0) is 57.5 Å². The van der Waals surface area contributed by atoms with Crippen molar-refractivity contribution in [2.45, 2.75) is 59.4 Å². The van der Waals surface area contributed by atoms with Gasteiger partial charge in [0.2, 0.25) is 0 Å². The lowest BCUT2D eigenvalue weighted by atomic mass is 9.77. The number of nitrogens with two attached hydrogens (primary N) is 1. The molecule has 0 aromatic heterocycles. The molecule has 1 unspecified atom stereocenters. The first-order chi connectivity index (χ1) is 7.18. The van der Waals surface area contributed by atoms with Gasteiger partial charge in [-0.2, -0.15) is 0 Å². The molecule has 17 heavy (non-hydrogen) atoms. The number of hydrogen-bond donors (Lipinski definition) is 1. The maximum absolute atomic E-state index is 6.10. The second kappa shape index (κ2) is 6.40. The number of halogens is 1. The van der Waals surface area contributed by atoms with Crippen LogP contribution < -0.4 is 5.73 Å². The average Bonchev–Trinajstić information content (AvgIpc) is 2.25. The maximum Gasteiger partial charge on any atom is 0.0226 e. The number of hydrogen-bond acceptors (Lipinski definition) is 2. The zero-order valence-corrected chi connectivity index (χ0v) is 13.1. The molecule has 1 fully saturated rings. The molecule has 2 N–H and O–H groups in total. The summed E-state index contributed by atoms with van der Waals surface area (Å²) in [6.45, 7) is 14.9. The summed E-state index contributed by atoms with van der Waals surface area (Å²) in [5.74, 6) is 0.874. The smallest absolute Gasteiger partial charge is 0.0226 e. The Kier molecular flexibility index (Phi) is 6.48. The first-order valence-corrected chi connectivity index (χ1v) is 6.70. The van der Waals surface area contributed by atoms with Crippen molar-refractivity contribution in [3.05, 3.63) is 0 Å². The minimum absolute atomic E-state index is 0. The van der Waals surface area contributed by atoms with Crippen molar-refractivity contribution in [3.8, 4) is 0 Å². The van der Waals surface area contributed by atoms with Gasteiger partial charge in [-0.25, -0.2) is 0 Å².